The largest absolute Gasteiger partial charge is 0.393 e. The van der Waals surface area contributed by atoms with Crippen LogP contribution in [-0.2, 0) is 0 Å². The maximum Gasteiger partial charge on any atom is 0.393 e. The molecule has 2 nitrogen and oxygen atoms in total. The Hall–Kier alpha value is -1.54. The number of rotatable bonds is 3. The van der Waals surface area contributed by atoms with Gasteiger partial charge in [0.05, 0.1) is 18.4 Å². The average molecular weight is 282 g/mol. The molecule has 0 bridgehead atoms. The molecule has 2 rings (SSSR count). The van der Waals surface area contributed by atoms with E-state index >= 15 is 0 Å². The molecular formula is C15H17F3N2. The first-order valence-electron chi connectivity index (χ1n) is 6.75. The monoisotopic (exact) mass is 282 g/mol. The summed E-state index contributed by atoms with van der Waals surface area (Å²) in [6.07, 6.45) is -3.21. The van der Waals surface area contributed by atoms with Crippen LogP contribution in [0, 0.1) is 17.2 Å². The maximum absolute atomic E-state index is 12.9. The van der Waals surface area contributed by atoms with Crippen molar-refractivity contribution in [3.63, 3.8) is 0 Å². The molecule has 0 aromatic heterocycles. The minimum Gasteiger partial charge on any atom is -0.295 e. The van der Waals surface area contributed by atoms with E-state index in [0.29, 0.717) is 13.0 Å². The summed E-state index contributed by atoms with van der Waals surface area (Å²) < 4.78 is 38.6. The summed E-state index contributed by atoms with van der Waals surface area (Å²) in [5, 5.41) is 8.96. The van der Waals surface area contributed by atoms with Gasteiger partial charge in [-0.25, -0.2) is 0 Å². The Morgan fingerprint density at radius 3 is 2.60 bits per heavy atom. The Balaban J connectivity index is 2.16. The zero-order chi connectivity index (χ0) is 14.6. The minimum atomic E-state index is -4.15. The summed E-state index contributed by atoms with van der Waals surface area (Å²) in [6, 6.07) is 11.2. The van der Waals surface area contributed by atoms with E-state index in [9.17, 15) is 13.2 Å². The lowest BCUT2D eigenvalue weighted by Gasteiger charge is -2.38. The van der Waals surface area contributed by atoms with Crippen LogP contribution in [0.5, 0.6) is 0 Å². The third kappa shape index (κ3) is 3.51. The zero-order valence-electron chi connectivity index (χ0n) is 11.1. The van der Waals surface area contributed by atoms with E-state index in [-0.39, 0.29) is 25.4 Å². The van der Waals surface area contributed by atoms with Gasteiger partial charge in [0, 0.05) is 12.6 Å². The van der Waals surface area contributed by atoms with Crippen molar-refractivity contribution in [3.8, 4) is 6.07 Å². The molecule has 0 saturated carbocycles. The Morgan fingerprint density at radius 1 is 1.30 bits per heavy atom. The highest BCUT2D eigenvalue weighted by atomic mass is 19.4. The lowest BCUT2D eigenvalue weighted by atomic mass is 9.93. The molecular weight excluding hydrogens is 265 g/mol. The topological polar surface area (TPSA) is 27.0 Å². The van der Waals surface area contributed by atoms with Crippen molar-refractivity contribution in [2.24, 2.45) is 5.92 Å². The fraction of sp³-hybridized carbons (Fsp3) is 0.533. The van der Waals surface area contributed by atoms with Gasteiger partial charge >= 0.3 is 6.18 Å². The van der Waals surface area contributed by atoms with Gasteiger partial charge in [-0.3, -0.25) is 4.90 Å². The fourth-order valence-electron chi connectivity index (χ4n) is 2.78. The van der Waals surface area contributed by atoms with Crippen molar-refractivity contribution >= 4 is 0 Å². The molecule has 2 unspecified atom stereocenters. The third-order valence-corrected chi connectivity index (χ3v) is 3.83. The predicted octanol–water partition coefficient (Wildman–Crippen LogP) is 3.92. The van der Waals surface area contributed by atoms with Gasteiger partial charge in [0.15, 0.2) is 0 Å². The lowest BCUT2D eigenvalue weighted by molar-refractivity contribution is -0.188. The molecule has 1 saturated heterocycles. The van der Waals surface area contributed by atoms with E-state index in [1.165, 1.54) is 0 Å². The van der Waals surface area contributed by atoms with Crippen LogP contribution in [0.2, 0.25) is 0 Å². The van der Waals surface area contributed by atoms with E-state index in [0.717, 1.165) is 5.56 Å². The molecule has 1 aliphatic rings. The summed E-state index contributed by atoms with van der Waals surface area (Å²) in [6.45, 7) is 0.610. The molecule has 108 valence electrons. The van der Waals surface area contributed by atoms with E-state index in [4.69, 9.17) is 5.26 Å². The van der Waals surface area contributed by atoms with Gasteiger partial charge in [0.2, 0.25) is 0 Å². The smallest absolute Gasteiger partial charge is 0.295 e. The van der Waals surface area contributed by atoms with E-state index in [2.05, 4.69) is 6.07 Å². The molecule has 5 heteroatoms. The van der Waals surface area contributed by atoms with Crippen LogP contribution in [0.15, 0.2) is 30.3 Å². The Bertz CT molecular complexity index is 464. The van der Waals surface area contributed by atoms with Crippen LogP contribution >= 0.6 is 0 Å². The fourth-order valence-corrected chi connectivity index (χ4v) is 2.78. The summed E-state index contributed by atoms with van der Waals surface area (Å²) in [5.74, 6) is -1.28. The van der Waals surface area contributed by atoms with Crippen LogP contribution in [0.4, 0.5) is 13.2 Å². The van der Waals surface area contributed by atoms with Crippen LogP contribution < -0.4 is 0 Å². The number of piperidine rings is 1. The van der Waals surface area contributed by atoms with E-state index in [1.54, 1.807) is 4.90 Å². The molecule has 0 spiro atoms. The van der Waals surface area contributed by atoms with Gasteiger partial charge in [-0.2, -0.15) is 18.4 Å². The van der Waals surface area contributed by atoms with Crippen LogP contribution in [0.1, 0.15) is 30.9 Å². The van der Waals surface area contributed by atoms with Crippen LogP contribution in [0.3, 0.4) is 0 Å². The number of halogens is 3. The molecule has 2 atom stereocenters. The molecule has 1 fully saturated rings. The van der Waals surface area contributed by atoms with Gasteiger partial charge in [-0.15, -0.1) is 0 Å². The number of benzene rings is 1. The van der Waals surface area contributed by atoms with Gasteiger partial charge in [0.1, 0.15) is 0 Å². The van der Waals surface area contributed by atoms with Crippen LogP contribution in [0.25, 0.3) is 0 Å². The second kappa shape index (κ2) is 6.27. The number of hydrogen-bond acceptors (Lipinski definition) is 2. The first kappa shape index (κ1) is 14.9. The van der Waals surface area contributed by atoms with Crippen LogP contribution in [-0.4, -0.2) is 24.2 Å². The van der Waals surface area contributed by atoms with Gasteiger partial charge < -0.3 is 0 Å². The molecule has 0 N–H and O–H groups in total. The van der Waals surface area contributed by atoms with Crippen molar-refractivity contribution in [2.45, 2.75) is 31.5 Å². The number of hydrogen-bond donors (Lipinski definition) is 0. The molecule has 1 heterocycles. The standard InChI is InChI=1S/C15H17F3N2/c16-15(17,18)13-7-4-10-20(11-13)14(8-9-19)12-5-2-1-3-6-12/h1-3,5-6,13-14H,4,7-8,10-11H2. The van der Waals surface area contributed by atoms with Gasteiger partial charge in [-0.05, 0) is 24.9 Å². The van der Waals surface area contributed by atoms with Crippen molar-refractivity contribution < 1.29 is 13.2 Å². The average Bonchev–Trinajstić information content (AvgIpc) is 2.45. The molecule has 0 radical (unpaired) electrons. The maximum atomic E-state index is 12.9. The molecule has 0 amide bonds. The number of alkyl halides is 3. The first-order chi connectivity index (χ1) is 9.52. The molecule has 20 heavy (non-hydrogen) atoms. The SMILES string of the molecule is N#CCC(c1ccccc1)N1CCCC(C(F)(F)F)C1. The predicted molar refractivity (Wildman–Crippen MR) is 69.8 cm³/mol. The van der Waals surface area contributed by atoms with Gasteiger partial charge in [0.25, 0.3) is 0 Å². The first-order valence-corrected chi connectivity index (χ1v) is 6.75. The van der Waals surface area contributed by atoms with Crippen molar-refractivity contribution in [3.05, 3.63) is 35.9 Å². The summed E-state index contributed by atoms with van der Waals surface area (Å²) in [5.41, 5.74) is 0.914. The summed E-state index contributed by atoms with van der Waals surface area (Å²) in [7, 11) is 0. The Labute approximate surface area is 116 Å². The second-order valence-electron chi connectivity index (χ2n) is 5.16. The molecule has 1 aromatic carbocycles. The molecule has 1 aliphatic heterocycles. The zero-order valence-corrected chi connectivity index (χ0v) is 11.1. The Kier molecular flexibility index (Phi) is 4.66. The number of likely N-dealkylation sites (tertiary alicyclic amines) is 1. The molecule has 0 aliphatic carbocycles. The highest BCUT2D eigenvalue weighted by Crippen LogP contribution is 2.36. The minimum absolute atomic E-state index is 0.00919. The van der Waals surface area contributed by atoms with Crippen molar-refractivity contribution in [2.75, 3.05) is 13.1 Å². The van der Waals surface area contributed by atoms with Crippen molar-refractivity contribution in [1.82, 2.24) is 4.90 Å². The van der Waals surface area contributed by atoms with Crippen molar-refractivity contribution in [1.29, 1.82) is 5.26 Å². The molecule has 1 aromatic rings. The number of nitrogens with zero attached hydrogens (tertiary/aromatic N) is 2. The highest BCUT2D eigenvalue weighted by Gasteiger charge is 2.42. The summed E-state index contributed by atoms with van der Waals surface area (Å²) >= 11 is 0. The third-order valence-electron chi connectivity index (χ3n) is 3.83. The second-order valence-corrected chi connectivity index (χ2v) is 5.16. The normalized spacial score (nSPS) is 22.2. The highest BCUT2D eigenvalue weighted by molar-refractivity contribution is 5.20. The van der Waals surface area contributed by atoms with E-state index in [1.807, 2.05) is 30.3 Å². The number of nitriles is 1. The summed E-state index contributed by atoms with van der Waals surface area (Å²) in [4.78, 5) is 1.81. The van der Waals surface area contributed by atoms with E-state index < -0.39 is 12.1 Å². The Morgan fingerprint density at radius 2 is 2.00 bits per heavy atom. The lowest BCUT2D eigenvalue weighted by Crippen LogP contribution is -2.43. The quantitative estimate of drug-likeness (QED) is 0.840. The van der Waals surface area contributed by atoms with Gasteiger partial charge in [-0.1, -0.05) is 30.3 Å².